The van der Waals surface area contributed by atoms with Crippen LogP contribution in [0.3, 0.4) is 0 Å². The van der Waals surface area contributed by atoms with Crippen molar-refractivity contribution in [3.8, 4) is 6.07 Å². The summed E-state index contributed by atoms with van der Waals surface area (Å²) in [6.45, 7) is 2.11. The summed E-state index contributed by atoms with van der Waals surface area (Å²) in [6.07, 6.45) is 1.28. The van der Waals surface area contributed by atoms with Gasteiger partial charge in [-0.2, -0.15) is 10.4 Å². The zero-order valence-electron chi connectivity index (χ0n) is 13.2. The minimum Gasteiger partial charge on any atom is -0.368 e. The number of piperazine rings is 1. The van der Waals surface area contributed by atoms with E-state index in [1.54, 1.807) is 0 Å². The summed E-state index contributed by atoms with van der Waals surface area (Å²) in [5.41, 5.74) is 1.20. The lowest BCUT2D eigenvalue weighted by Crippen LogP contribution is -2.51. The molecule has 8 nitrogen and oxygen atoms in total. The van der Waals surface area contributed by atoms with Crippen LogP contribution in [0.15, 0.2) is 30.5 Å². The maximum Gasteiger partial charge on any atom is 0.315 e. The Labute approximate surface area is 149 Å². The summed E-state index contributed by atoms with van der Waals surface area (Å²) in [7, 11) is 0. The largest absolute Gasteiger partial charge is 0.368 e. The molecule has 1 saturated heterocycles. The number of carbonyl (C=O) groups is 2. The molecular weight excluding hydrogens is 344 g/mol. The van der Waals surface area contributed by atoms with E-state index in [-0.39, 0.29) is 11.4 Å². The van der Waals surface area contributed by atoms with E-state index in [0.717, 1.165) is 5.69 Å². The molecule has 1 aliphatic heterocycles. The summed E-state index contributed by atoms with van der Waals surface area (Å²) in [6, 6.07) is 9.36. The van der Waals surface area contributed by atoms with Crippen LogP contribution in [-0.4, -0.2) is 53.1 Å². The Morgan fingerprint density at radius 3 is 2.52 bits per heavy atom. The van der Waals surface area contributed by atoms with Crippen molar-refractivity contribution in [2.75, 3.05) is 36.4 Å². The number of halogens is 1. The molecule has 128 valence electrons. The number of nitriles is 1. The molecular formula is C16H15ClN6O2. The van der Waals surface area contributed by atoms with Crippen molar-refractivity contribution in [1.82, 2.24) is 15.1 Å². The lowest BCUT2D eigenvalue weighted by molar-refractivity contribution is -0.143. The molecule has 0 spiro atoms. The minimum atomic E-state index is -0.791. The van der Waals surface area contributed by atoms with Gasteiger partial charge >= 0.3 is 11.8 Å². The number of anilines is 2. The van der Waals surface area contributed by atoms with Crippen LogP contribution in [0.25, 0.3) is 0 Å². The second-order valence-corrected chi connectivity index (χ2v) is 5.92. The number of amides is 2. The lowest BCUT2D eigenvalue weighted by Gasteiger charge is -2.35. The highest BCUT2D eigenvalue weighted by molar-refractivity contribution is 6.39. The van der Waals surface area contributed by atoms with Gasteiger partial charge in [-0.25, -0.2) is 0 Å². The molecule has 1 aromatic heterocycles. The molecule has 0 radical (unpaired) electrons. The summed E-state index contributed by atoms with van der Waals surface area (Å²) in [4.78, 5) is 28.0. The van der Waals surface area contributed by atoms with Gasteiger partial charge in [0.1, 0.15) is 17.5 Å². The van der Waals surface area contributed by atoms with Gasteiger partial charge in [0.2, 0.25) is 0 Å². The molecule has 0 atom stereocenters. The molecule has 2 aromatic rings. The molecule has 0 bridgehead atoms. The van der Waals surface area contributed by atoms with Gasteiger partial charge in [0.15, 0.2) is 0 Å². The highest BCUT2D eigenvalue weighted by atomic mass is 35.5. The number of aromatic amines is 1. The molecule has 1 aliphatic rings. The van der Waals surface area contributed by atoms with Crippen LogP contribution < -0.4 is 10.2 Å². The second-order valence-electron chi connectivity index (χ2n) is 5.48. The first kappa shape index (κ1) is 16.8. The van der Waals surface area contributed by atoms with Crippen LogP contribution in [0, 0.1) is 11.3 Å². The number of rotatable bonds is 2. The van der Waals surface area contributed by atoms with E-state index in [1.165, 1.54) is 11.1 Å². The number of H-pyrrole nitrogens is 1. The zero-order chi connectivity index (χ0) is 17.8. The fourth-order valence-corrected chi connectivity index (χ4v) is 2.72. The van der Waals surface area contributed by atoms with Crippen molar-refractivity contribution in [2.24, 2.45) is 0 Å². The Morgan fingerprint density at radius 1 is 1.20 bits per heavy atom. The number of hydrogen-bond acceptors (Lipinski definition) is 5. The topological polar surface area (TPSA) is 105 Å². The minimum absolute atomic E-state index is 0.126. The van der Waals surface area contributed by atoms with Crippen molar-refractivity contribution >= 4 is 34.9 Å². The lowest BCUT2D eigenvalue weighted by atomic mass is 10.2. The van der Waals surface area contributed by atoms with Crippen molar-refractivity contribution in [2.45, 2.75) is 0 Å². The van der Waals surface area contributed by atoms with Gasteiger partial charge in [0, 0.05) is 36.9 Å². The Morgan fingerprint density at radius 2 is 1.88 bits per heavy atom. The monoisotopic (exact) mass is 358 g/mol. The quantitative estimate of drug-likeness (QED) is 0.785. The molecule has 2 N–H and O–H groups in total. The fourth-order valence-electron chi connectivity index (χ4n) is 2.60. The van der Waals surface area contributed by atoms with E-state index >= 15 is 0 Å². The first-order chi connectivity index (χ1) is 12.1. The van der Waals surface area contributed by atoms with Crippen molar-refractivity contribution in [3.05, 3.63) is 41.0 Å². The molecule has 9 heteroatoms. The van der Waals surface area contributed by atoms with Gasteiger partial charge in [-0.05, 0) is 24.3 Å². The van der Waals surface area contributed by atoms with Crippen LogP contribution in [-0.2, 0) is 9.59 Å². The van der Waals surface area contributed by atoms with Gasteiger partial charge in [-0.1, -0.05) is 11.6 Å². The van der Waals surface area contributed by atoms with Crippen molar-refractivity contribution in [1.29, 1.82) is 5.26 Å². The summed E-state index contributed by atoms with van der Waals surface area (Å²) in [5, 5.41) is 18.1. The molecule has 1 aromatic carbocycles. The van der Waals surface area contributed by atoms with Crippen molar-refractivity contribution in [3.63, 3.8) is 0 Å². The van der Waals surface area contributed by atoms with E-state index in [9.17, 15) is 9.59 Å². The van der Waals surface area contributed by atoms with E-state index in [0.29, 0.717) is 31.2 Å². The van der Waals surface area contributed by atoms with Gasteiger partial charge in [0.05, 0.1) is 6.20 Å². The van der Waals surface area contributed by atoms with E-state index in [2.05, 4.69) is 20.4 Å². The molecule has 1 fully saturated rings. The average molecular weight is 359 g/mol. The van der Waals surface area contributed by atoms with Gasteiger partial charge in [0.25, 0.3) is 0 Å². The third-order valence-electron chi connectivity index (χ3n) is 3.95. The fraction of sp³-hybridized carbons (Fsp3) is 0.250. The standard InChI is InChI=1S/C16H15ClN6O2/c17-12-1-3-13(4-2-12)22-5-7-23(8-6-22)16(25)15(24)20-14-11(9-18)10-19-21-14/h1-4,10H,5-8H2,(H2,19,20,21,24). The Hall–Kier alpha value is -3.05. The molecule has 3 rings (SSSR count). The van der Waals surface area contributed by atoms with E-state index in [4.69, 9.17) is 16.9 Å². The van der Waals surface area contributed by atoms with Gasteiger partial charge < -0.3 is 15.1 Å². The van der Waals surface area contributed by atoms with Gasteiger partial charge in [-0.15, -0.1) is 0 Å². The van der Waals surface area contributed by atoms with E-state index in [1.807, 2.05) is 30.3 Å². The molecule has 2 heterocycles. The maximum atomic E-state index is 12.3. The van der Waals surface area contributed by atoms with Crippen LogP contribution in [0.2, 0.25) is 5.02 Å². The second kappa shape index (κ2) is 7.23. The van der Waals surface area contributed by atoms with Crippen LogP contribution >= 0.6 is 11.6 Å². The van der Waals surface area contributed by atoms with Crippen molar-refractivity contribution < 1.29 is 9.59 Å². The number of carbonyl (C=O) groups excluding carboxylic acids is 2. The molecule has 2 amide bonds. The summed E-state index contributed by atoms with van der Waals surface area (Å²) < 4.78 is 0. The third kappa shape index (κ3) is 3.72. The highest BCUT2D eigenvalue weighted by Gasteiger charge is 2.27. The number of nitrogens with one attached hydrogen (secondary N) is 2. The predicted octanol–water partition coefficient (Wildman–Crippen LogP) is 1.22. The molecule has 0 aliphatic carbocycles. The van der Waals surface area contributed by atoms with Gasteiger partial charge in [-0.3, -0.25) is 14.7 Å². The predicted molar refractivity (Wildman–Crippen MR) is 92.2 cm³/mol. The highest BCUT2D eigenvalue weighted by Crippen LogP contribution is 2.19. The van der Waals surface area contributed by atoms with Crippen LogP contribution in [0.5, 0.6) is 0 Å². The number of aromatic nitrogens is 2. The molecule has 0 unspecified atom stereocenters. The Kier molecular flexibility index (Phi) is 4.86. The summed E-state index contributed by atoms with van der Waals surface area (Å²) >= 11 is 5.89. The first-order valence-electron chi connectivity index (χ1n) is 7.62. The number of benzene rings is 1. The normalized spacial score (nSPS) is 14.1. The SMILES string of the molecule is N#Cc1cn[nH]c1NC(=O)C(=O)N1CCN(c2ccc(Cl)cc2)CC1. The first-order valence-corrected chi connectivity index (χ1v) is 8.00. The Bertz CT molecular complexity index is 818. The Balaban J connectivity index is 1.57. The number of nitrogens with zero attached hydrogens (tertiary/aromatic N) is 4. The summed E-state index contributed by atoms with van der Waals surface area (Å²) in [5.74, 6) is -1.30. The van der Waals surface area contributed by atoms with Crippen LogP contribution in [0.1, 0.15) is 5.56 Å². The van der Waals surface area contributed by atoms with E-state index < -0.39 is 11.8 Å². The average Bonchev–Trinajstić information content (AvgIpc) is 3.09. The third-order valence-corrected chi connectivity index (χ3v) is 4.20. The zero-order valence-corrected chi connectivity index (χ0v) is 14.0. The van der Waals surface area contributed by atoms with Crippen LogP contribution in [0.4, 0.5) is 11.5 Å². The maximum absolute atomic E-state index is 12.3. The smallest absolute Gasteiger partial charge is 0.315 e. The number of hydrogen-bond donors (Lipinski definition) is 2. The molecule has 0 saturated carbocycles. The molecule has 25 heavy (non-hydrogen) atoms.